The molecule has 0 saturated carbocycles. The molecule has 1 aliphatic rings. The molecular weight excluding hydrogens is 434 g/mol. The van der Waals surface area contributed by atoms with Crippen molar-refractivity contribution in [3.63, 3.8) is 0 Å². The summed E-state index contributed by atoms with van der Waals surface area (Å²) in [6, 6.07) is 9.94. The van der Waals surface area contributed by atoms with Crippen LogP contribution < -0.4 is 0 Å². The molecule has 0 atom stereocenters. The van der Waals surface area contributed by atoms with Crippen LogP contribution in [0.1, 0.15) is 35.2 Å². The number of aromatic nitrogens is 3. The Balaban J connectivity index is 1.51. The molecule has 0 radical (unpaired) electrons. The Morgan fingerprint density at radius 2 is 1.72 bits per heavy atom. The maximum absolute atomic E-state index is 14.4. The van der Waals surface area contributed by atoms with Gasteiger partial charge >= 0.3 is 0 Å². The van der Waals surface area contributed by atoms with Gasteiger partial charge in [0, 0.05) is 24.7 Å². The van der Waals surface area contributed by atoms with Crippen molar-refractivity contribution in [3.8, 4) is 11.4 Å². The molecule has 3 aromatic rings. The Bertz CT molecular complexity index is 1090. The standard InChI is InChI=1S/C23H24F2N4O2S/c1-28-22(16-7-5-15(6-8-16)13-29-9-3-2-4-10-29)26-27-23(28)32-21-18(24)11-17(12-19(21)25)20(31)14-30/h5-8,11-12,30H,2-4,9-10,13-14H2,1H3. The number of piperidine rings is 1. The van der Waals surface area contributed by atoms with Crippen LogP contribution in [0.2, 0.25) is 0 Å². The van der Waals surface area contributed by atoms with E-state index in [1.54, 1.807) is 11.6 Å². The third kappa shape index (κ3) is 4.90. The molecule has 1 aromatic heterocycles. The summed E-state index contributed by atoms with van der Waals surface area (Å²) in [4.78, 5) is 13.7. The number of hydrogen-bond donors (Lipinski definition) is 1. The normalized spacial score (nSPS) is 14.6. The van der Waals surface area contributed by atoms with Crippen molar-refractivity contribution >= 4 is 17.5 Å². The number of carbonyl (C=O) groups excluding carboxylic acids is 1. The zero-order chi connectivity index (χ0) is 22.7. The second kappa shape index (κ2) is 9.89. The van der Waals surface area contributed by atoms with Gasteiger partial charge in [-0.15, -0.1) is 10.2 Å². The first-order chi connectivity index (χ1) is 15.5. The monoisotopic (exact) mass is 458 g/mol. The van der Waals surface area contributed by atoms with Crippen molar-refractivity contribution in [2.75, 3.05) is 19.7 Å². The predicted octanol–water partition coefficient (Wildman–Crippen LogP) is 4.07. The number of ketones is 1. The van der Waals surface area contributed by atoms with E-state index in [2.05, 4.69) is 27.2 Å². The van der Waals surface area contributed by atoms with E-state index in [9.17, 15) is 13.6 Å². The number of aliphatic hydroxyl groups is 1. The summed E-state index contributed by atoms with van der Waals surface area (Å²) in [5, 5.41) is 17.5. The Labute approximate surface area is 189 Å². The first-order valence-corrected chi connectivity index (χ1v) is 11.3. The summed E-state index contributed by atoms with van der Waals surface area (Å²) < 4.78 is 30.5. The van der Waals surface area contributed by atoms with E-state index >= 15 is 0 Å². The molecule has 9 heteroatoms. The van der Waals surface area contributed by atoms with Crippen LogP contribution in [0, 0.1) is 11.6 Å². The predicted molar refractivity (Wildman–Crippen MR) is 117 cm³/mol. The molecule has 0 amide bonds. The van der Waals surface area contributed by atoms with Gasteiger partial charge in [-0.2, -0.15) is 0 Å². The van der Waals surface area contributed by atoms with Crippen LogP contribution in [-0.2, 0) is 13.6 Å². The van der Waals surface area contributed by atoms with Crippen molar-refractivity contribution in [2.45, 2.75) is 35.9 Å². The second-order valence-electron chi connectivity index (χ2n) is 7.85. The third-order valence-electron chi connectivity index (χ3n) is 5.56. The van der Waals surface area contributed by atoms with Gasteiger partial charge in [-0.05, 0) is 55.4 Å². The summed E-state index contributed by atoms with van der Waals surface area (Å²) >= 11 is 0.796. The van der Waals surface area contributed by atoms with E-state index in [0.717, 1.165) is 49.1 Å². The summed E-state index contributed by atoms with van der Waals surface area (Å²) in [6.45, 7) is 2.38. The largest absolute Gasteiger partial charge is 0.388 e. The smallest absolute Gasteiger partial charge is 0.196 e. The minimum Gasteiger partial charge on any atom is -0.388 e. The number of benzene rings is 2. The summed E-state index contributed by atoms with van der Waals surface area (Å²) in [5.41, 5.74) is 1.88. The van der Waals surface area contributed by atoms with E-state index in [1.165, 1.54) is 24.8 Å². The Hall–Kier alpha value is -2.62. The van der Waals surface area contributed by atoms with Crippen LogP contribution in [0.4, 0.5) is 8.78 Å². The summed E-state index contributed by atoms with van der Waals surface area (Å²) in [6.07, 6.45) is 3.80. The van der Waals surface area contributed by atoms with Crippen LogP contribution >= 0.6 is 11.8 Å². The van der Waals surface area contributed by atoms with Gasteiger partial charge in [0.1, 0.15) is 18.2 Å². The molecule has 1 N–H and O–H groups in total. The fraction of sp³-hybridized carbons (Fsp3) is 0.348. The molecule has 168 valence electrons. The van der Waals surface area contributed by atoms with Gasteiger partial charge in [0.25, 0.3) is 0 Å². The average molecular weight is 459 g/mol. The average Bonchev–Trinajstić information content (AvgIpc) is 3.16. The molecule has 1 aliphatic heterocycles. The highest BCUT2D eigenvalue weighted by Gasteiger charge is 2.20. The van der Waals surface area contributed by atoms with Gasteiger partial charge in [-0.3, -0.25) is 9.69 Å². The topological polar surface area (TPSA) is 71.2 Å². The number of halogens is 2. The second-order valence-corrected chi connectivity index (χ2v) is 8.83. The van der Waals surface area contributed by atoms with Crippen molar-refractivity contribution in [3.05, 3.63) is 59.2 Å². The third-order valence-corrected chi connectivity index (χ3v) is 6.69. The molecule has 0 bridgehead atoms. The van der Waals surface area contributed by atoms with Gasteiger partial charge in [-0.1, -0.05) is 30.7 Å². The van der Waals surface area contributed by atoms with E-state index in [4.69, 9.17) is 5.11 Å². The highest BCUT2D eigenvalue weighted by atomic mass is 32.2. The van der Waals surface area contributed by atoms with Crippen molar-refractivity contribution < 1.29 is 18.7 Å². The molecule has 2 aromatic carbocycles. The zero-order valence-electron chi connectivity index (χ0n) is 17.7. The molecule has 0 spiro atoms. The number of nitrogens with zero attached hydrogens (tertiary/aromatic N) is 4. The van der Waals surface area contributed by atoms with Crippen LogP contribution in [0.3, 0.4) is 0 Å². The lowest BCUT2D eigenvalue weighted by Crippen LogP contribution is -2.29. The molecule has 1 fully saturated rings. The number of likely N-dealkylation sites (tertiary alicyclic amines) is 1. The first kappa shape index (κ1) is 22.6. The molecule has 1 saturated heterocycles. The highest BCUT2D eigenvalue weighted by molar-refractivity contribution is 7.99. The van der Waals surface area contributed by atoms with Gasteiger partial charge < -0.3 is 9.67 Å². The number of aliphatic hydroxyl groups excluding tert-OH is 1. The van der Waals surface area contributed by atoms with Crippen molar-refractivity contribution in [2.24, 2.45) is 7.05 Å². The summed E-state index contributed by atoms with van der Waals surface area (Å²) in [7, 11) is 1.73. The first-order valence-electron chi connectivity index (χ1n) is 10.5. The number of hydrogen-bond acceptors (Lipinski definition) is 6. The maximum atomic E-state index is 14.4. The molecule has 4 rings (SSSR count). The van der Waals surface area contributed by atoms with Crippen LogP contribution in [-0.4, -0.2) is 50.3 Å². The number of carbonyl (C=O) groups is 1. The van der Waals surface area contributed by atoms with Crippen LogP contribution in [0.15, 0.2) is 46.5 Å². The lowest BCUT2D eigenvalue weighted by molar-refractivity contribution is 0.0902. The Kier molecular flexibility index (Phi) is 6.98. The number of Topliss-reactive ketones (excluding diaryl/α,β-unsaturated/α-hetero) is 1. The maximum Gasteiger partial charge on any atom is 0.196 e. The molecular formula is C23H24F2N4O2S. The Morgan fingerprint density at radius 1 is 1.06 bits per heavy atom. The molecule has 2 heterocycles. The molecule has 32 heavy (non-hydrogen) atoms. The lowest BCUT2D eigenvalue weighted by Gasteiger charge is -2.26. The van der Waals surface area contributed by atoms with Crippen molar-refractivity contribution in [1.29, 1.82) is 0 Å². The fourth-order valence-electron chi connectivity index (χ4n) is 3.79. The quantitative estimate of drug-likeness (QED) is 0.538. The van der Waals surface area contributed by atoms with E-state index in [-0.39, 0.29) is 10.5 Å². The van der Waals surface area contributed by atoms with Crippen LogP contribution in [0.5, 0.6) is 0 Å². The molecule has 0 aliphatic carbocycles. The SMILES string of the molecule is Cn1c(Sc2c(F)cc(C(=O)CO)cc2F)nnc1-c1ccc(CN2CCCCC2)cc1. The zero-order valence-corrected chi connectivity index (χ0v) is 18.5. The van der Waals surface area contributed by atoms with Gasteiger partial charge in [0.05, 0.1) is 4.90 Å². The van der Waals surface area contributed by atoms with Crippen LogP contribution in [0.25, 0.3) is 11.4 Å². The minimum absolute atomic E-state index is 0.213. The molecule has 0 unspecified atom stereocenters. The van der Waals surface area contributed by atoms with Gasteiger partial charge in [-0.25, -0.2) is 8.78 Å². The molecule has 6 nitrogen and oxygen atoms in total. The van der Waals surface area contributed by atoms with Gasteiger partial charge in [0.2, 0.25) is 0 Å². The van der Waals surface area contributed by atoms with Gasteiger partial charge in [0.15, 0.2) is 16.8 Å². The minimum atomic E-state index is -0.890. The lowest BCUT2D eigenvalue weighted by atomic mass is 10.1. The fourth-order valence-corrected chi connectivity index (χ4v) is 4.59. The summed E-state index contributed by atoms with van der Waals surface area (Å²) in [5.74, 6) is -1.94. The Morgan fingerprint density at radius 3 is 2.34 bits per heavy atom. The highest BCUT2D eigenvalue weighted by Crippen LogP contribution is 2.33. The van der Waals surface area contributed by atoms with Crippen molar-refractivity contribution in [1.82, 2.24) is 19.7 Å². The van der Waals surface area contributed by atoms with E-state index < -0.39 is 24.0 Å². The number of rotatable bonds is 7. The van der Waals surface area contributed by atoms with E-state index in [0.29, 0.717) is 11.0 Å². The van der Waals surface area contributed by atoms with E-state index in [1.807, 2.05) is 12.1 Å².